The van der Waals surface area contributed by atoms with Crippen molar-refractivity contribution in [1.29, 1.82) is 0 Å². The fraction of sp³-hybridized carbons (Fsp3) is 0.357. The lowest BCUT2D eigenvalue weighted by atomic mass is 9.78. The number of hydrogen-bond acceptors (Lipinski definition) is 3. The maximum Gasteiger partial charge on any atom is 0.246 e. The number of ether oxygens (including phenoxy) is 1. The van der Waals surface area contributed by atoms with E-state index in [-0.39, 0.29) is 22.8 Å². The summed E-state index contributed by atoms with van der Waals surface area (Å²) in [5.74, 6) is -3.76. The van der Waals surface area contributed by atoms with Crippen molar-refractivity contribution in [2.24, 2.45) is 5.41 Å². The van der Waals surface area contributed by atoms with Gasteiger partial charge < -0.3 is 14.5 Å². The van der Waals surface area contributed by atoms with Crippen molar-refractivity contribution in [3.05, 3.63) is 77.1 Å². The molecule has 0 radical (unpaired) electrons. The van der Waals surface area contributed by atoms with Crippen molar-refractivity contribution in [3.63, 3.8) is 0 Å². The molecule has 5 nitrogen and oxygen atoms in total. The highest BCUT2D eigenvalue weighted by Crippen LogP contribution is 2.40. The van der Waals surface area contributed by atoms with Gasteiger partial charge in [-0.05, 0) is 62.0 Å². The second-order valence-electron chi connectivity index (χ2n) is 9.24. The van der Waals surface area contributed by atoms with E-state index in [0.29, 0.717) is 32.8 Å². The molecule has 2 heterocycles. The summed E-state index contributed by atoms with van der Waals surface area (Å²) in [6.45, 7) is 4.78. The Bertz CT molecular complexity index is 1190. The number of benzene rings is 2. The van der Waals surface area contributed by atoms with Crippen molar-refractivity contribution in [2.75, 3.05) is 32.8 Å². The summed E-state index contributed by atoms with van der Waals surface area (Å²) in [6, 6.07) is 9.48. The molecule has 2 fully saturated rings. The predicted octanol–water partition coefficient (Wildman–Crippen LogP) is 5.07. The molecule has 2 aromatic carbocycles. The van der Waals surface area contributed by atoms with Crippen LogP contribution in [0.4, 0.5) is 13.2 Å². The number of hydrogen-bond donors (Lipinski definition) is 0. The zero-order valence-electron chi connectivity index (χ0n) is 20.2. The van der Waals surface area contributed by atoms with Crippen LogP contribution in [0.25, 0.3) is 12.2 Å². The number of piperidine rings is 1. The van der Waals surface area contributed by atoms with Gasteiger partial charge in [-0.3, -0.25) is 9.59 Å². The maximum absolute atomic E-state index is 13.8. The van der Waals surface area contributed by atoms with Crippen molar-refractivity contribution >= 4 is 24.0 Å². The number of halogens is 3. The van der Waals surface area contributed by atoms with Crippen LogP contribution >= 0.6 is 0 Å². The Labute approximate surface area is 208 Å². The summed E-state index contributed by atoms with van der Waals surface area (Å²) in [5.41, 5.74) is 0.612. The Morgan fingerprint density at radius 2 is 1.47 bits per heavy atom. The molecule has 190 valence electrons. The Morgan fingerprint density at radius 3 is 2.17 bits per heavy atom. The van der Waals surface area contributed by atoms with Crippen LogP contribution in [0.15, 0.2) is 48.6 Å². The normalized spacial score (nSPS) is 17.4. The third kappa shape index (κ3) is 5.64. The van der Waals surface area contributed by atoms with Gasteiger partial charge in [-0.1, -0.05) is 18.2 Å². The van der Waals surface area contributed by atoms with Gasteiger partial charge in [-0.25, -0.2) is 13.2 Å². The molecular formula is C28H29F3N2O3. The molecule has 0 bridgehead atoms. The molecule has 2 aromatic rings. The molecule has 0 saturated carbocycles. The molecular weight excluding hydrogens is 469 g/mol. The van der Waals surface area contributed by atoms with Gasteiger partial charge in [-0.15, -0.1) is 0 Å². The van der Waals surface area contributed by atoms with Gasteiger partial charge >= 0.3 is 0 Å². The van der Waals surface area contributed by atoms with E-state index in [9.17, 15) is 22.8 Å². The van der Waals surface area contributed by atoms with E-state index in [0.717, 1.165) is 42.7 Å². The third-order valence-corrected chi connectivity index (χ3v) is 6.98. The molecule has 8 heteroatoms. The summed E-state index contributed by atoms with van der Waals surface area (Å²) in [7, 11) is 0. The van der Waals surface area contributed by atoms with E-state index in [2.05, 4.69) is 0 Å². The molecule has 0 N–H and O–H groups in total. The first kappa shape index (κ1) is 25.5. The topological polar surface area (TPSA) is 49.9 Å². The number of amides is 2. The lowest BCUT2D eigenvalue weighted by molar-refractivity contribution is -0.129. The molecule has 0 unspecified atom stereocenters. The van der Waals surface area contributed by atoms with Crippen molar-refractivity contribution in [1.82, 2.24) is 9.80 Å². The van der Waals surface area contributed by atoms with Crippen LogP contribution in [0.5, 0.6) is 5.75 Å². The van der Waals surface area contributed by atoms with Gasteiger partial charge in [-0.2, -0.15) is 0 Å². The fourth-order valence-corrected chi connectivity index (χ4v) is 4.84. The Morgan fingerprint density at radius 1 is 0.861 bits per heavy atom. The van der Waals surface area contributed by atoms with Gasteiger partial charge in [0.2, 0.25) is 11.8 Å². The summed E-state index contributed by atoms with van der Waals surface area (Å²) in [5, 5.41) is 0. The van der Waals surface area contributed by atoms with E-state index < -0.39 is 17.5 Å². The monoisotopic (exact) mass is 498 g/mol. The highest BCUT2D eigenvalue weighted by atomic mass is 19.2. The zero-order chi connectivity index (χ0) is 25.7. The van der Waals surface area contributed by atoms with Crippen molar-refractivity contribution in [2.45, 2.75) is 26.2 Å². The average molecular weight is 499 g/mol. The predicted molar refractivity (Wildman–Crippen MR) is 131 cm³/mol. The molecule has 2 amide bonds. The van der Waals surface area contributed by atoms with E-state index in [1.807, 2.05) is 36.1 Å². The quantitative estimate of drug-likeness (QED) is 0.413. The highest BCUT2D eigenvalue weighted by molar-refractivity contribution is 5.93. The van der Waals surface area contributed by atoms with Crippen molar-refractivity contribution in [3.8, 4) is 5.75 Å². The first-order valence-electron chi connectivity index (χ1n) is 12.1. The lowest BCUT2D eigenvalue weighted by Gasteiger charge is -2.38. The molecule has 36 heavy (non-hydrogen) atoms. The molecule has 2 saturated heterocycles. The SMILES string of the molecule is CCOc1ccccc1/C=C/C(=O)N1CCC2(CC1)CCN(C(=O)/C=C/c1ccc(F)c(F)c1F)C2. The van der Waals surface area contributed by atoms with Gasteiger partial charge in [0, 0.05) is 49.5 Å². The number of para-hydroxylation sites is 1. The Hall–Kier alpha value is -3.55. The second-order valence-corrected chi connectivity index (χ2v) is 9.24. The van der Waals surface area contributed by atoms with Gasteiger partial charge in [0.15, 0.2) is 17.5 Å². The standard InChI is InChI=1S/C28H29F3N2O3/c1-2-36-23-6-4-3-5-20(23)8-11-24(34)32-16-13-28(14-17-32)15-18-33(19-28)25(35)12-9-21-7-10-22(29)27(31)26(21)30/h3-12H,2,13-19H2,1H3/b11-8+,12-9+. The van der Waals surface area contributed by atoms with E-state index in [4.69, 9.17) is 4.74 Å². The lowest BCUT2D eigenvalue weighted by Crippen LogP contribution is -2.44. The van der Waals surface area contributed by atoms with Crippen molar-refractivity contribution < 1.29 is 27.5 Å². The molecule has 0 aliphatic carbocycles. The number of likely N-dealkylation sites (tertiary alicyclic amines) is 2. The minimum atomic E-state index is -1.56. The van der Waals surface area contributed by atoms with Crippen LogP contribution in [0.3, 0.4) is 0 Å². The van der Waals surface area contributed by atoms with Gasteiger partial charge in [0.25, 0.3) is 0 Å². The smallest absolute Gasteiger partial charge is 0.246 e. The number of carbonyl (C=O) groups excluding carboxylic acids is 2. The largest absolute Gasteiger partial charge is 0.493 e. The molecule has 1 spiro atoms. The van der Waals surface area contributed by atoms with Crippen LogP contribution in [-0.2, 0) is 9.59 Å². The van der Waals surface area contributed by atoms with Crippen LogP contribution < -0.4 is 4.74 Å². The second kappa shape index (κ2) is 11.0. The fourth-order valence-electron chi connectivity index (χ4n) is 4.84. The number of nitrogens with zero attached hydrogens (tertiary/aromatic N) is 2. The summed E-state index contributed by atoms with van der Waals surface area (Å²) in [6.07, 6.45) is 8.10. The Balaban J connectivity index is 1.31. The summed E-state index contributed by atoms with van der Waals surface area (Å²) >= 11 is 0. The van der Waals surface area contributed by atoms with Gasteiger partial charge in [0.1, 0.15) is 5.75 Å². The minimum absolute atomic E-state index is 0.0568. The molecule has 2 aliphatic heterocycles. The van der Waals surface area contributed by atoms with Crippen LogP contribution in [0, 0.1) is 22.9 Å². The number of carbonyl (C=O) groups is 2. The first-order chi connectivity index (χ1) is 17.3. The molecule has 0 atom stereocenters. The highest BCUT2D eigenvalue weighted by Gasteiger charge is 2.42. The summed E-state index contributed by atoms with van der Waals surface area (Å²) < 4.78 is 46.0. The van der Waals surface area contributed by atoms with E-state index >= 15 is 0 Å². The molecule has 2 aliphatic rings. The number of rotatable bonds is 6. The summed E-state index contributed by atoms with van der Waals surface area (Å²) in [4.78, 5) is 28.9. The molecule has 0 aromatic heterocycles. The van der Waals surface area contributed by atoms with Crippen LogP contribution in [0.1, 0.15) is 37.3 Å². The zero-order valence-corrected chi connectivity index (χ0v) is 20.2. The Kier molecular flexibility index (Phi) is 7.82. The van der Waals surface area contributed by atoms with Gasteiger partial charge in [0.05, 0.1) is 6.61 Å². The first-order valence-corrected chi connectivity index (χ1v) is 12.1. The van der Waals surface area contributed by atoms with E-state index in [1.165, 1.54) is 12.2 Å². The minimum Gasteiger partial charge on any atom is -0.493 e. The average Bonchev–Trinajstić information content (AvgIpc) is 3.30. The van der Waals surface area contributed by atoms with Crippen LogP contribution in [-0.4, -0.2) is 54.4 Å². The van der Waals surface area contributed by atoms with E-state index in [1.54, 1.807) is 17.1 Å². The maximum atomic E-state index is 13.8. The molecule has 4 rings (SSSR count). The third-order valence-electron chi connectivity index (χ3n) is 6.98. The van der Waals surface area contributed by atoms with Crippen LogP contribution in [0.2, 0.25) is 0 Å².